The minimum Gasteiger partial charge on any atom is -0.341 e. The minimum absolute atomic E-state index is 0.00158. The number of hydrogen-bond acceptors (Lipinski definition) is 3. The molecule has 5 heteroatoms. The first-order valence-corrected chi connectivity index (χ1v) is 8.96. The Morgan fingerprint density at radius 3 is 2.44 bits per heavy atom. The largest absolute Gasteiger partial charge is 0.341 e. The van der Waals surface area contributed by atoms with Crippen LogP contribution >= 0.6 is 0 Å². The number of fused-ring (bicyclic) bond motifs is 1. The molecule has 0 saturated heterocycles. The number of aromatic nitrogens is 1. The highest BCUT2D eigenvalue weighted by molar-refractivity contribution is 6.01. The Morgan fingerprint density at radius 2 is 1.70 bits per heavy atom. The Balaban J connectivity index is 1.71. The number of rotatable bonds is 6. The van der Waals surface area contributed by atoms with Gasteiger partial charge in [0.2, 0.25) is 11.8 Å². The van der Waals surface area contributed by atoms with E-state index < -0.39 is 0 Å². The maximum absolute atomic E-state index is 12.5. The molecule has 3 aromatic rings. The van der Waals surface area contributed by atoms with E-state index in [0.29, 0.717) is 13.1 Å². The summed E-state index contributed by atoms with van der Waals surface area (Å²) in [6.07, 6.45) is 1.97. The van der Waals surface area contributed by atoms with E-state index >= 15 is 0 Å². The molecule has 138 valence electrons. The maximum Gasteiger partial charge on any atom is 0.224 e. The van der Waals surface area contributed by atoms with Crippen molar-refractivity contribution in [3.05, 3.63) is 72.4 Å². The lowest BCUT2D eigenvalue weighted by Gasteiger charge is -2.24. The van der Waals surface area contributed by atoms with Crippen LogP contribution in [-0.2, 0) is 16.1 Å². The molecule has 0 aliphatic carbocycles. The zero-order valence-corrected chi connectivity index (χ0v) is 15.6. The van der Waals surface area contributed by atoms with E-state index in [1.54, 1.807) is 23.0 Å². The molecule has 1 heterocycles. The van der Waals surface area contributed by atoms with Crippen LogP contribution in [0.4, 0.5) is 5.69 Å². The highest BCUT2D eigenvalue weighted by atomic mass is 16.2. The summed E-state index contributed by atoms with van der Waals surface area (Å²) in [6, 6.07) is 19.4. The van der Waals surface area contributed by atoms with Gasteiger partial charge in [0, 0.05) is 45.1 Å². The molecule has 27 heavy (non-hydrogen) atoms. The number of amides is 2. The first kappa shape index (κ1) is 18.6. The lowest BCUT2D eigenvalue weighted by Crippen LogP contribution is -2.34. The smallest absolute Gasteiger partial charge is 0.224 e. The minimum atomic E-state index is -0.105. The third-order valence-electron chi connectivity index (χ3n) is 4.52. The summed E-state index contributed by atoms with van der Waals surface area (Å²) < 4.78 is 0. The third-order valence-corrected chi connectivity index (χ3v) is 4.52. The van der Waals surface area contributed by atoms with Gasteiger partial charge >= 0.3 is 0 Å². The van der Waals surface area contributed by atoms with E-state index in [2.05, 4.69) is 4.98 Å². The molecular formula is C22H23N3O2. The predicted molar refractivity (Wildman–Crippen MR) is 107 cm³/mol. The average Bonchev–Trinajstić information content (AvgIpc) is 2.68. The molecule has 0 atom stereocenters. The summed E-state index contributed by atoms with van der Waals surface area (Å²) in [4.78, 5) is 32.5. The molecule has 0 spiro atoms. The van der Waals surface area contributed by atoms with Gasteiger partial charge in [-0.15, -0.1) is 0 Å². The highest BCUT2D eigenvalue weighted by Gasteiger charge is 2.18. The molecule has 0 saturated carbocycles. The molecule has 2 amide bonds. The maximum atomic E-state index is 12.5. The topological polar surface area (TPSA) is 53.5 Å². The fourth-order valence-corrected chi connectivity index (χ4v) is 3.10. The second-order valence-corrected chi connectivity index (χ2v) is 6.51. The van der Waals surface area contributed by atoms with Crippen LogP contribution in [0.3, 0.4) is 0 Å². The highest BCUT2D eigenvalue weighted by Crippen LogP contribution is 2.25. The van der Waals surface area contributed by atoms with Gasteiger partial charge in [-0.25, -0.2) is 0 Å². The first-order chi connectivity index (χ1) is 13.1. The first-order valence-electron chi connectivity index (χ1n) is 8.96. The normalized spacial score (nSPS) is 10.6. The number of pyridine rings is 1. The summed E-state index contributed by atoms with van der Waals surface area (Å²) in [5.41, 5.74) is 2.58. The van der Waals surface area contributed by atoms with E-state index in [0.717, 1.165) is 22.2 Å². The van der Waals surface area contributed by atoms with Crippen LogP contribution in [0.2, 0.25) is 0 Å². The van der Waals surface area contributed by atoms with Gasteiger partial charge < -0.3 is 9.80 Å². The van der Waals surface area contributed by atoms with Crippen LogP contribution < -0.4 is 4.90 Å². The number of carbonyl (C=O) groups is 2. The molecule has 5 nitrogen and oxygen atoms in total. The molecule has 1 aromatic heterocycles. The van der Waals surface area contributed by atoms with E-state index in [1.165, 1.54) is 6.92 Å². The summed E-state index contributed by atoms with van der Waals surface area (Å²) >= 11 is 0. The van der Waals surface area contributed by atoms with Crippen LogP contribution in [0.5, 0.6) is 0 Å². The van der Waals surface area contributed by atoms with Crippen LogP contribution in [-0.4, -0.2) is 35.3 Å². The van der Waals surface area contributed by atoms with Crippen LogP contribution in [0, 0.1) is 0 Å². The van der Waals surface area contributed by atoms with Gasteiger partial charge in [0.25, 0.3) is 0 Å². The SMILES string of the molecule is CC(=O)N(CCC(=O)N(C)Cc1ccccc1)c1cccc2cccnc12. The van der Waals surface area contributed by atoms with Crippen molar-refractivity contribution in [2.45, 2.75) is 19.9 Å². The van der Waals surface area contributed by atoms with Crippen molar-refractivity contribution in [2.24, 2.45) is 0 Å². The number of carbonyl (C=O) groups excluding carboxylic acids is 2. The number of benzene rings is 2. The van der Waals surface area contributed by atoms with Gasteiger partial charge in [-0.3, -0.25) is 14.6 Å². The molecule has 0 bridgehead atoms. The van der Waals surface area contributed by atoms with Gasteiger partial charge in [0.1, 0.15) is 0 Å². The zero-order chi connectivity index (χ0) is 19.2. The van der Waals surface area contributed by atoms with Gasteiger partial charge in [-0.2, -0.15) is 0 Å². The monoisotopic (exact) mass is 361 g/mol. The Morgan fingerprint density at radius 1 is 0.963 bits per heavy atom. The van der Waals surface area contributed by atoms with Gasteiger partial charge in [-0.1, -0.05) is 48.5 Å². The molecule has 0 aliphatic rings. The quantitative estimate of drug-likeness (QED) is 0.674. The second kappa shape index (κ2) is 8.45. The number of nitrogens with zero attached hydrogens (tertiary/aromatic N) is 3. The Hall–Kier alpha value is -3.21. The van der Waals surface area contributed by atoms with Crippen LogP contribution in [0.1, 0.15) is 18.9 Å². The standard InChI is InChI=1S/C22H23N3O2/c1-17(26)25(20-12-6-10-19-11-7-14-23-22(19)20)15-13-21(27)24(2)16-18-8-4-3-5-9-18/h3-12,14H,13,15-16H2,1-2H3. The Labute approximate surface area is 159 Å². The summed E-state index contributed by atoms with van der Waals surface area (Å²) in [5, 5.41) is 0.966. The molecule has 2 aromatic carbocycles. The van der Waals surface area contributed by atoms with Crippen molar-refractivity contribution in [2.75, 3.05) is 18.5 Å². The van der Waals surface area contributed by atoms with E-state index in [9.17, 15) is 9.59 Å². The van der Waals surface area contributed by atoms with Gasteiger partial charge in [0.05, 0.1) is 11.2 Å². The van der Waals surface area contributed by atoms with Crippen molar-refractivity contribution in [3.8, 4) is 0 Å². The van der Waals surface area contributed by atoms with Crippen LogP contribution in [0.25, 0.3) is 10.9 Å². The lowest BCUT2D eigenvalue weighted by molar-refractivity contribution is -0.130. The number of para-hydroxylation sites is 1. The lowest BCUT2D eigenvalue weighted by atomic mass is 10.1. The Bertz CT molecular complexity index is 935. The fourth-order valence-electron chi connectivity index (χ4n) is 3.10. The van der Waals surface area contributed by atoms with E-state index in [4.69, 9.17) is 0 Å². The molecule has 0 aliphatic heterocycles. The van der Waals surface area contributed by atoms with Crippen LogP contribution in [0.15, 0.2) is 66.9 Å². The summed E-state index contributed by atoms with van der Waals surface area (Å²) in [6.45, 7) is 2.39. The van der Waals surface area contributed by atoms with Crippen molar-refractivity contribution in [3.63, 3.8) is 0 Å². The van der Waals surface area contributed by atoms with Crippen molar-refractivity contribution >= 4 is 28.4 Å². The van der Waals surface area contributed by atoms with E-state index in [-0.39, 0.29) is 18.2 Å². The molecular weight excluding hydrogens is 338 g/mol. The molecule has 0 fully saturated rings. The summed E-state index contributed by atoms with van der Waals surface area (Å²) in [7, 11) is 1.78. The summed E-state index contributed by atoms with van der Waals surface area (Å²) in [5.74, 6) is -0.107. The van der Waals surface area contributed by atoms with Gasteiger partial charge in [0.15, 0.2) is 0 Å². The predicted octanol–water partition coefficient (Wildman–Crippen LogP) is 3.64. The van der Waals surface area contributed by atoms with Gasteiger partial charge in [-0.05, 0) is 17.7 Å². The average molecular weight is 361 g/mol. The second-order valence-electron chi connectivity index (χ2n) is 6.51. The molecule has 0 radical (unpaired) electrons. The van der Waals surface area contributed by atoms with E-state index in [1.807, 2.05) is 60.7 Å². The number of hydrogen-bond donors (Lipinski definition) is 0. The molecule has 3 rings (SSSR count). The third kappa shape index (κ3) is 4.50. The van der Waals surface area contributed by atoms with Crippen molar-refractivity contribution < 1.29 is 9.59 Å². The Kier molecular flexibility index (Phi) is 5.81. The zero-order valence-electron chi connectivity index (χ0n) is 15.6. The molecule has 0 N–H and O–H groups in total. The molecule has 0 unspecified atom stereocenters. The van der Waals surface area contributed by atoms with Crippen molar-refractivity contribution in [1.82, 2.24) is 9.88 Å². The fraction of sp³-hybridized carbons (Fsp3) is 0.227. The van der Waals surface area contributed by atoms with Crippen molar-refractivity contribution in [1.29, 1.82) is 0 Å². The number of anilines is 1.